The standard InChI is InChI=1S/C32H31F2N3O5/c33-32(34)20-37(17-27(32)28(38)39)29(40)31(14-15-36(19-31)16-21-8-2-1-3-9-21)35-30(41)42-18-26-24-12-6-4-10-22(24)23-11-5-7-13-25(23)26/h1-13,26-27H,14-20H2,(H,35,41)(H,38,39). The minimum atomic E-state index is -3.57. The zero-order valence-corrected chi connectivity index (χ0v) is 22.8. The van der Waals surface area contributed by atoms with Gasteiger partial charge in [-0.3, -0.25) is 14.5 Å². The van der Waals surface area contributed by atoms with E-state index in [1.807, 2.05) is 83.8 Å². The van der Waals surface area contributed by atoms with Crippen molar-refractivity contribution in [2.45, 2.75) is 30.3 Å². The fourth-order valence-electron chi connectivity index (χ4n) is 6.52. The number of carbonyl (C=O) groups excluding carboxylic acids is 2. The van der Waals surface area contributed by atoms with Crippen molar-refractivity contribution < 1.29 is 33.0 Å². The molecule has 3 aromatic carbocycles. The number of carboxylic acid groups (broad SMARTS) is 1. The van der Waals surface area contributed by atoms with Crippen LogP contribution in [0.1, 0.15) is 29.0 Å². The highest BCUT2D eigenvalue weighted by atomic mass is 19.3. The number of nitrogens with one attached hydrogen (secondary N) is 1. The Bertz CT molecular complexity index is 1470. The molecule has 0 aromatic heterocycles. The smallest absolute Gasteiger partial charge is 0.408 e. The first-order chi connectivity index (χ1) is 20.2. The lowest BCUT2D eigenvalue weighted by molar-refractivity contribution is -0.151. The maximum absolute atomic E-state index is 14.5. The molecule has 10 heteroatoms. The van der Waals surface area contributed by atoms with Crippen LogP contribution in [0.4, 0.5) is 13.6 Å². The lowest BCUT2D eigenvalue weighted by Crippen LogP contribution is -2.61. The van der Waals surface area contributed by atoms with Crippen molar-refractivity contribution in [3.63, 3.8) is 0 Å². The van der Waals surface area contributed by atoms with Gasteiger partial charge in [0.05, 0.1) is 6.54 Å². The van der Waals surface area contributed by atoms with E-state index in [1.165, 1.54) is 0 Å². The number of alkyl carbamates (subject to hydrolysis) is 1. The summed E-state index contributed by atoms with van der Waals surface area (Å²) in [7, 11) is 0. The number of nitrogens with zero attached hydrogens (tertiary/aromatic N) is 2. The van der Waals surface area contributed by atoms with Gasteiger partial charge in [0.2, 0.25) is 5.91 Å². The highest BCUT2D eigenvalue weighted by molar-refractivity contribution is 5.92. The highest BCUT2D eigenvalue weighted by Crippen LogP contribution is 2.44. The van der Waals surface area contributed by atoms with Crippen LogP contribution in [0.2, 0.25) is 0 Å². The van der Waals surface area contributed by atoms with E-state index in [4.69, 9.17) is 4.74 Å². The molecule has 2 fully saturated rings. The van der Waals surface area contributed by atoms with Crippen LogP contribution in [0, 0.1) is 5.92 Å². The number of hydrogen-bond acceptors (Lipinski definition) is 5. The Balaban J connectivity index is 1.21. The molecule has 0 bridgehead atoms. The Labute approximate surface area is 241 Å². The number of benzene rings is 3. The average molecular weight is 576 g/mol. The van der Waals surface area contributed by atoms with E-state index in [0.717, 1.165) is 32.7 Å². The summed E-state index contributed by atoms with van der Waals surface area (Å²) in [6.45, 7) is -0.623. The molecule has 2 unspecified atom stereocenters. The molecule has 6 rings (SSSR count). The lowest BCUT2D eigenvalue weighted by atomic mass is 9.96. The summed E-state index contributed by atoms with van der Waals surface area (Å²) >= 11 is 0. The summed E-state index contributed by atoms with van der Waals surface area (Å²) in [5.74, 6) is -8.16. The summed E-state index contributed by atoms with van der Waals surface area (Å²) in [6.07, 6.45) is -0.657. The van der Waals surface area contributed by atoms with Gasteiger partial charge in [-0.2, -0.15) is 0 Å². The molecule has 218 valence electrons. The van der Waals surface area contributed by atoms with E-state index in [9.17, 15) is 28.3 Å². The molecular weight excluding hydrogens is 544 g/mol. The summed E-state index contributed by atoms with van der Waals surface area (Å²) < 4.78 is 34.8. The van der Waals surface area contributed by atoms with Crippen molar-refractivity contribution in [2.75, 3.05) is 32.8 Å². The monoisotopic (exact) mass is 575 g/mol. The van der Waals surface area contributed by atoms with Gasteiger partial charge in [0, 0.05) is 32.1 Å². The number of carbonyl (C=O) groups is 3. The van der Waals surface area contributed by atoms with Crippen molar-refractivity contribution in [1.82, 2.24) is 15.1 Å². The molecule has 8 nitrogen and oxygen atoms in total. The first kappa shape index (κ1) is 27.8. The van der Waals surface area contributed by atoms with Crippen LogP contribution < -0.4 is 5.32 Å². The van der Waals surface area contributed by atoms with Crippen LogP contribution in [0.15, 0.2) is 78.9 Å². The third-order valence-electron chi connectivity index (χ3n) is 8.59. The van der Waals surface area contributed by atoms with E-state index in [-0.39, 0.29) is 25.5 Å². The first-order valence-corrected chi connectivity index (χ1v) is 14.0. The van der Waals surface area contributed by atoms with Gasteiger partial charge in [0.25, 0.3) is 5.92 Å². The number of fused-ring (bicyclic) bond motifs is 3. The zero-order chi connectivity index (χ0) is 29.5. The molecule has 2 N–H and O–H groups in total. The maximum atomic E-state index is 14.5. The van der Waals surface area contributed by atoms with Crippen LogP contribution in [0.5, 0.6) is 0 Å². The Morgan fingerprint density at radius 2 is 1.52 bits per heavy atom. The third kappa shape index (κ3) is 5.11. The molecule has 2 saturated heterocycles. The first-order valence-electron chi connectivity index (χ1n) is 14.0. The number of amides is 2. The van der Waals surface area contributed by atoms with Gasteiger partial charge >= 0.3 is 12.1 Å². The Morgan fingerprint density at radius 1 is 0.905 bits per heavy atom. The van der Waals surface area contributed by atoms with Gasteiger partial charge in [-0.1, -0.05) is 78.9 Å². The summed E-state index contributed by atoms with van der Waals surface area (Å²) in [5, 5.41) is 12.1. The SMILES string of the molecule is O=C(NC1(C(=O)N2CC(C(=O)O)C(F)(F)C2)CCN(Cc2ccccc2)C1)OCC1c2ccccc2-c2ccccc21. The average Bonchev–Trinajstić information content (AvgIpc) is 3.63. The minimum absolute atomic E-state index is 0.0285. The van der Waals surface area contributed by atoms with Crippen molar-refractivity contribution >= 4 is 18.0 Å². The second kappa shape index (κ2) is 10.8. The lowest BCUT2D eigenvalue weighted by Gasteiger charge is -2.33. The van der Waals surface area contributed by atoms with Gasteiger partial charge in [0.15, 0.2) is 0 Å². The van der Waals surface area contributed by atoms with Crippen molar-refractivity contribution in [3.05, 3.63) is 95.6 Å². The van der Waals surface area contributed by atoms with Crippen LogP contribution in [0.3, 0.4) is 0 Å². The molecular formula is C32H31F2N3O5. The second-order valence-electron chi connectivity index (χ2n) is 11.3. The van der Waals surface area contributed by atoms with E-state index >= 15 is 0 Å². The van der Waals surface area contributed by atoms with Crippen LogP contribution in [-0.2, 0) is 20.9 Å². The molecule has 2 heterocycles. The minimum Gasteiger partial charge on any atom is -0.481 e. The van der Waals surface area contributed by atoms with Gasteiger partial charge in [-0.25, -0.2) is 13.6 Å². The summed E-state index contributed by atoms with van der Waals surface area (Å²) in [6, 6.07) is 25.4. The topological polar surface area (TPSA) is 99.2 Å². The fourth-order valence-corrected chi connectivity index (χ4v) is 6.52. The number of carboxylic acids is 1. The zero-order valence-electron chi connectivity index (χ0n) is 22.8. The van der Waals surface area contributed by atoms with Gasteiger partial charge in [-0.05, 0) is 34.2 Å². The second-order valence-corrected chi connectivity index (χ2v) is 11.3. The van der Waals surface area contributed by atoms with Crippen molar-refractivity contribution in [3.8, 4) is 11.1 Å². The van der Waals surface area contributed by atoms with Gasteiger partial charge in [-0.15, -0.1) is 0 Å². The fraction of sp³-hybridized carbons (Fsp3) is 0.344. The third-order valence-corrected chi connectivity index (χ3v) is 8.59. The molecule has 2 atom stereocenters. The molecule has 0 saturated carbocycles. The Hall–Kier alpha value is -4.31. The molecule has 3 aliphatic rings. The number of likely N-dealkylation sites (tertiary alicyclic amines) is 2. The van der Waals surface area contributed by atoms with E-state index in [2.05, 4.69) is 5.32 Å². The number of halogens is 2. The highest BCUT2D eigenvalue weighted by Gasteiger charge is 2.57. The number of aliphatic carboxylic acids is 1. The predicted molar refractivity (Wildman–Crippen MR) is 150 cm³/mol. The van der Waals surface area contributed by atoms with E-state index < -0.39 is 48.4 Å². The molecule has 0 spiro atoms. The van der Waals surface area contributed by atoms with E-state index in [0.29, 0.717) is 13.1 Å². The molecule has 2 amide bonds. The Kier molecular flexibility index (Phi) is 7.18. The number of alkyl halides is 2. The Morgan fingerprint density at radius 3 is 2.14 bits per heavy atom. The largest absolute Gasteiger partial charge is 0.481 e. The summed E-state index contributed by atoms with van der Waals surface area (Å²) in [4.78, 5) is 41.5. The van der Waals surface area contributed by atoms with Gasteiger partial charge < -0.3 is 20.1 Å². The van der Waals surface area contributed by atoms with Crippen molar-refractivity contribution in [2.24, 2.45) is 5.92 Å². The van der Waals surface area contributed by atoms with Crippen LogP contribution in [0.25, 0.3) is 11.1 Å². The van der Waals surface area contributed by atoms with Gasteiger partial charge in [0.1, 0.15) is 18.1 Å². The van der Waals surface area contributed by atoms with Crippen molar-refractivity contribution in [1.29, 1.82) is 0 Å². The molecule has 2 aliphatic heterocycles. The molecule has 3 aromatic rings. The predicted octanol–water partition coefficient (Wildman–Crippen LogP) is 4.35. The normalized spacial score (nSPS) is 22.9. The number of hydrogen-bond donors (Lipinski definition) is 2. The maximum Gasteiger partial charge on any atom is 0.408 e. The summed E-state index contributed by atoms with van der Waals surface area (Å²) in [5.41, 5.74) is 3.67. The van der Waals surface area contributed by atoms with Crippen LogP contribution in [-0.4, -0.2) is 77.1 Å². The molecule has 0 radical (unpaired) electrons. The number of ether oxygens (including phenoxy) is 1. The van der Waals surface area contributed by atoms with Crippen LogP contribution >= 0.6 is 0 Å². The molecule has 42 heavy (non-hydrogen) atoms. The quantitative estimate of drug-likeness (QED) is 0.435. The molecule has 1 aliphatic carbocycles. The number of rotatable bonds is 7. The van der Waals surface area contributed by atoms with E-state index in [1.54, 1.807) is 0 Å².